The largest absolute Gasteiger partial charge is 0.447 e. The van der Waals surface area contributed by atoms with Crippen molar-refractivity contribution >= 4 is 11.4 Å². The van der Waals surface area contributed by atoms with E-state index in [1.807, 2.05) is 48.5 Å². The topological polar surface area (TPSA) is 37.2 Å². The Morgan fingerprint density at radius 2 is 1.67 bits per heavy atom. The number of para-hydroxylation sites is 1. The summed E-state index contributed by atoms with van der Waals surface area (Å²) in [5, 5.41) is 8.24. The highest BCUT2D eigenvalue weighted by Crippen LogP contribution is 2.52. The summed E-state index contributed by atoms with van der Waals surface area (Å²) in [5.74, 6) is 1.75. The molecule has 1 aliphatic rings. The van der Waals surface area contributed by atoms with Crippen LogP contribution in [0.1, 0.15) is 0 Å². The van der Waals surface area contributed by atoms with Crippen LogP contribution in [0.4, 0.5) is 11.4 Å². The summed E-state index contributed by atoms with van der Waals surface area (Å²) in [5.41, 5.74) is 1.63. The van der Waals surface area contributed by atoms with Gasteiger partial charge < -0.3 is 4.74 Å². The second kappa shape index (κ2) is 3.20. The predicted octanol–water partition coefficient (Wildman–Crippen LogP) is 4.21. The van der Waals surface area contributed by atoms with E-state index in [1.54, 1.807) is 0 Å². The Morgan fingerprint density at radius 1 is 0.800 bits per heavy atom. The van der Waals surface area contributed by atoms with Gasteiger partial charge >= 0.3 is 0 Å². The van der Waals surface area contributed by atoms with E-state index < -0.39 is 0 Å². The summed E-state index contributed by atoms with van der Waals surface area (Å²) in [7, 11) is 0. The summed E-state index contributed by atoms with van der Waals surface area (Å²) in [4.78, 5) is 0. The maximum Gasteiger partial charge on any atom is 0.197 e. The van der Waals surface area contributed by atoms with Gasteiger partial charge in [-0.15, -0.1) is 5.11 Å². The molecule has 0 radical (unpaired) electrons. The van der Waals surface area contributed by atoms with E-state index in [4.69, 9.17) is 4.74 Å². The zero-order chi connectivity index (χ0) is 10.1. The Kier molecular flexibility index (Phi) is 1.75. The molecule has 0 atom stereocenters. The smallest absolute Gasteiger partial charge is 0.197 e. The minimum atomic E-state index is 0.788. The van der Waals surface area contributed by atoms with E-state index in [2.05, 4.69) is 10.2 Å². The lowest BCUT2D eigenvalue weighted by molar-refractivity contribution is 0.650. The van der Waals surface area contributed by atoms with Gasteiger partial charge in [-0.3, -0.25) is 0 Å². The zero-order valence-electron chi connectivity index (χ0n) is 7.92. The number of ether oxygens (including phenoxy) is 1. The van der Waals surface area contributed by atoms with E-state index in [9.17, 15) is 0 Å². The summed E-state index contributed by atoms with van der Waals surface area (Å²) >= 11 is 0. The van der Waals surface area contributed by atoms with Crippen molar-refractivity contribution in [1.82, 2.24) is 0 Å². The normalized spacial score (nSPS) is 12.3. The highest BCUT2D eigenvalue weighted by molar-refractivity contribution is 5.69. The minimum absolute atomic E-state index is 0.788. The summed E-state index contributed by atoms with van der Waals surface area (Å²) in [6, 6.07) is 15.3. The number of hydrogen-bond acceptors (Lipinski definition) is 3. The Hall–Kier alpha value is -2.16. The van der Waals surface area contributed by atoms with E-state index in [1.165, 1.54) is 0 Å². The van der Waals surface area contributed by atoms with Gasteiger partial charge in [0.2, 0.25) is 0 Å². The summed E-state index contributed by atoms with van der Waals surface area (Å²) in [6.45, 7) is 0. The number of benzene rings is 2. The maximum absolute atomic E-state index is 5.20. The molecular formula is C12H8N2O. The fourth-order valence-corrected chi connectivity index (χ4v) is 1.36. The monoisotopic (exact) mass is 196 g/mol. The third kappa shape index (κ3) is 1.59. The van der Waals surface area contributed by atoms with E-state index >= 15 is 0 Å². The average Bonchev–Trinajstić information content (AvgIpc) is 3.07. The van der Waals surface area contributed by atoms with Crippen LogP contribution in [0.15, 0.2) is 58.8 Å². The lowest BCUT2D eigenvalue weighted by Gasteiger charge is -1.89. The molecule has 0 saturated carbocycles. The van der Waals surface area contributed by atoms with E-state index in [-0.39, 0.29) is 0 Å². The third-order valence-corrected chi connectivity index (χ3v) is 2.16. The van der Waals surface area contributed by atoms with Crippen molar-refractivity contribution in [3.8, 4) is 11.5 Å². The summed E-state index contributed by atoms with van der Waals surface area (Å²) in [6.07, 6.45) is 0. The molecule has 3 nitrogen and oxygen atoms in total. The predicted molar refractivity (Wildman–Crippen MR) is 57.1 cm³/mol. The lowest BCUT2D eigenvalue weighted by atomic mass is 10.3. The van der Waals surface area contributed by atoms with Gasteiger partial charge in [0.1, 0.15) is 5.69 Å². The molecule has 2 aromatic carbocycles. The fraction of sp³-hybridized carbons (Fsp3) is 0. The van der Waals surface area contributed by atoms with Crippen LogP contribution in [-0.4, -0.2) is 0 Å². The molecule has 0 spiro atoms. The maximum atomic E-state index is 5.20. The fourth-order valence-electron chi connectivity index (χ4n) is 1.36. The number of rotatable bonds is 2. The molecule has 0 aromatic heterocycles. The SMILES string of the molecule is c1ccc(N=Nc2cccc3c2O3)cc1. The molecular weight excluding hydrogens is 188 g/mol. The van der Waals surface area contributed by atoms with Crippen molar-refractivity contribution in [3.63, 3.8) is 0 Å². The van der Waals surface area contributed by atoms with Gasteiger partial charge in [-0.2, -0.15) is 5.11 Å². The first-order valence-corrected chi connectivity index (χ1v) is 4.71. The molecule has 15 heavy (non-hydrogen) atoms. The van der Waals surface area contributed by atoms with E-state index in [0.29, 0.717) is 0 Å². The Morgan fingerprint density at radius 3 is 2.53 bits per heavy atom. The van der Waals surface area contributed by atoms with Crippen LogP contribution in [0.25, 0.3) is 0 Å². The Balaban J connectivity index is 1.88. The molecule has 1 heterocycles. The van der Waals surface area contributed by atoms with Gasteiger partial charge in [0.25, 0.3) is 0 Å². The first kappa shape index (κ1) is 8.17. The molecule has 1 aliphatic heterocycles. The molecule has 0 aliphatic carbocycles. The molecule has 0 amide bonds. The molecule has 0 saturated heterocycles. The van der Waals surface area contributed by atoms with Crippen LogP contribution in [-0.2, 0) is 0 Å². The van der Waals surface area contributed by atoms with Crippen molar-refractivity contribution < 1.29 is 4.74 Å². The quantitative estimate of drug-likeness (QED) is 0.447. The van der Waals surface area contributed by atoms with Gasteiger partial charge in [0, 0.05) is 0 Å². The van der Waals surface area contributed by atoms with Crippen LogP contribution in [0.5, 0.6) is 11.5 Å². The molecule has 0 bridgehead atoms. The van der Waals surface area contributed by atoms with Crippen molar-refractivity contribution in [2.24, 2.45) is 10.2 Å². The number of nitrogens with zero attached hydrogens (tertiary/aromatic N) is 2. The second-order valence-electron chi connectivity index (χ2n) is 3.24. The van der Waals surface area contributed by atoms with Crippen molar-refractivity contribution in [3.05, 3.63) is 48.5 Å². The van der Waals surface area contributed by atoms with E-state index in [0.717, 1.165) is 22.9 Å². The van der Waals surface area contributed by atoms with Gasteiger partial charge in [-0.05, 0) is 24.3 Å². The van der Waals surface area contributed by atoms with Crippen LogP contribution in [0.2, 0.25) is 0 Å². The van der Waals surface area contributed by atoms with Crippen molar-refractivity contribution in [2.45, 2.75) is 0 Å². The first-order valence-electron chi connectivity index (χ1n) is 4.71. The van der Waals surface area contributed by atoms with Crippen LogP contribution in [0, 0.1) is 0 Å². The van der Waals surface area contributed by atoms with Crippen LogP contribution in [0.3, 0.4) is 0 Å². The van der Waals surface area contributed by atoms with Crippen LogP contribution >= 0.6 is 0 Å². The van der Waals surface area contributed by atoms with Crippen molar-refractivity contribution in [1.29, 1.82) is 0 Å². The summed E-state index contributed by atoms with van der Waals surface area (Å²) < 4.78 is 5.20. The average molecular weight is 196 g/mol. The molecule has 2 aromatic rings. The van der Waals surface area contributed by atoms with Crippen molar-refractivity contribution in [2.75, 3.05) is 0 Å². The van der Waals surface area contributed by atoms with Gasteiger partial charge in [0.15, 0.2) is 11.5 Å². The highest BCUT2D eigenvalue weighted by atomic mass is 16.6. The lowest BCUT2D eigenvalue weighted by Crippen LogP contribution is -1.60. The molecule has 72 valence electrons. The standard InChI is InChI=1S/C12H8N2O/c1-2-5-9(6-3-1)13-14-10-7-4-8-11-12(10)15-11/h1-8H. The number of fused-ring (bicyclic) bond motifs is 1. The number of hydrogen-bond donors (Lipinski definition) is 0. The third-order valence-electron chi connectivity index (χ3n) is 2.16. The molecule has 0 unspecified atom stereocenters. The molecule has 0 N–H and O–H groups in total. The van der Waals surface area contributed by atoms with Gasteiger partial charge in [-0.25, -0.2) is 0 Å². The number of azo groups is 1. The molecule has 3 heteroatoms. The highest BCUT2D eigenvalue weighted by Gasteiger charge is 2.23. The van der Waals surface area contributed by atoms with Crippen LogP contribution < -0.4 is 4.74 Å². The van der Waals surface area contributed by atoms with Gasteiger partial charge in [-0.1, -0.05) is 24.3 Å². The zero-order valence-corrected chi connectivity index (χ0v) is 7.92. The Labute approximate surface area is 87.0 Å². The first-order chi connectivity index (χ1) is 7.43. The molecule has 3 rings (SSSR count). The minimum Gasteiger partial charge on any atom is -0.447 e. The van der Waals surface area contributed by atoms with Gasteiger partial charge in [0.05, 0.1) is 5.69 Å². The molecule has 0 fully saturated rings. The Bertz CT molecular complexity index is 520. The second-order valence-corrected chi connectivity index (χ2v) is 3.24.